The summed E-state index contributed by atoms with van der Waals surface area (Å²) in [5.41, 5.74) is 1.83. The number of carbonyl (C=O) groups is 1. The van der Waals surface area contributed by atoms with E-state index in [1.54, 1.807) is 54.9 Å². The molecule has 34 heavy (non-hydrogen) atoms. The van der Waals surface area contributed by atoms with E-state index in [1.165, 1.54) is 3.97 Å². The van der Waals surface area contributed by atoms with Gasteiger partial charge in [0.15, 0.2) is 5.65 Å². The molecule has 0 aliphatic heterocycles. The fourth-order valence-corrected chi connectivity index (χ4v) is 6.01. The molecule has 4 aromatic rings. The van der Waals surface area contributed by atoms with E-state index in [1.807, 2.05) is 6.92 Å². The number of benzene rings is 1. The predicted molar refractivity (Wildman–Crippen MR) is 129 cm³/mol. The van der Waals surface area contributed by atoms with Crippen LogP contribution in [-0.2, 0) is 19.6 Å². The maximum absolute atomic E-state index is 13.3. The van der Waals surface area contributed by atoms with Crippen LogP contribution < -0.4 is 0 Å². The van der Waals surface area contributed by atoms with Crippen LogP contribution in [0.25, 0.3) is 22.1 Å². The molecule has 0 unspecified atom stereocenters. The number of ether oxygens (including phenoxy) is 1. The summed E-state index contributed by atoms with van der Waals surface area (Å²) < 4.78 is 35.9. The van der Waals surface area contributed by atoms with Crippen molar-refractivity contribution >= 4 is 37.9 Å². The Bertz CT molecular complexity index is 1480. The Hall–Kier alpha value is -3.30. The number of rotatable bonds is 7. The van der Waals surface area contributed by atoms with Crippen LogP contribution in [0.2, 0.25) is 0 Å². The van der Waals surface area contributed by atoms with Crippen molar-refractivity contribution in [3.63, 3.8) is 0 Å². The number of nitrogens with zero attached hydrogens (tertiary/aromatic N) is 4. The first kappa shape index (κ1) is 22.5. The topological polar surface area (TPSA) is 96.1 Å². The minimum absolute atomic E-state index is 0.0622. The van der Waals surface area contributed by atoms with Crippen LogP contribution in [0, 0.1) is 0 Å². The number of carbonyl (C=O) groups excluding carboxylic acids is 1. The summed E-state index contributed by atoms with van der Waals surface area (Å²) in [6.45, 7) is 6.04. The van der Waals surface area contributed by atoms with Crippen molar-refractivity contribution in [2.75, 3.05) is 6.61 Å². The first-order chi connectivity index (χ1) is 16.4. The molecular weight excluding hydrogens is 452 g/mol. The third kappa shape index (κ3) is 3.74. The van der Waals surface area contributed by atoms with E-state index in [2.05, 4.69) is 16.1 Å². The van der Waals surface area contributed by atoms with Crippen LogP contribution in [0.1, 0.15) is 50.6 Å². The van der Waals surface area contributed by atoms with Crippen LogP contribution in [0.3, 0.4) is 0 Å². The first-order valence-electron chi connectivity index (χ1n) is 11.3. The maximum atomic E-state index is 13.3. The molecule has 1 aromatic carbocycles. The van der Waals surface area contributed by atoms with Gasteiger partial charge in [0.25, 0.3) is 10.0 Å². The van der Waals surface area contributed by atoms with Crippen molar-refractivity contribution in [3.8, 4) is 0 Å². The number of Topliss-reactive ketones (excluding diaryl/α,β-unsaturated/α-hetero) is 1. The zero-order valence-electron chi connectivity index (χ0n) is 18.9. The second-order valence-corrected chi connectivity index (χ2v) is 10.3. The molecule has 9 heteroatoms. The largest absolute Gasteiger partial charge is 0.367 e. The molecule has 0 bridgehead atoms. The fourth-order valence-electron chi connectivity index (χ4n) is 4.69. The average molecular weight is 479 g/mol. The smallest absolute Gasteiger partial charge is 0.269 e. The minimum Gasteiger partial charge on any atom is -0.367 e. The number of imidazole rings is 1. The third-order valence-corrected chi connectivity index (χ3v) is 8.04. The second kappa shape index (κ2) is 8.81. The number of ketones is 1. The Morgan fingerprint density at radius 1 is 1.21 bits per heavy atom. The van der Waals surface area contributed by atoms with Gasteiger partial charge in [0.05, 0.1) is 23.2 Å². The number of aromatic nitrogens is 4. The highest BCUT2D eigenvalue weighted by molar-refractivity contribution is 7.90. The quantitative estimate of drug-likeness (QED) is 0.361. The first-order valence-corrected chi connectivity index (χ1v) is 12.8. The monoisotopic (exact) mass is 478 g/mol. The van der Waals surface area contributed by atoms with Crippen molar-refractivity contribution in [2.45, 2.75) is 49.6 Å². The Morgan fingerprint density at radius 2 is 1.94 bits per heavy atom. The normalized spacial score (nSPS) is 16.3. The Morgan fingerprint density at radius 3 is 2.65 bits per heavy atom. The third-order valence-electron chi connectivity index (χ3n) is 6.36. The number of pyridine rings is 1. The van der Waals surface area contributed by atoms with Gasteiger partial charge >= 0.3 is 0 Å². The minimum atomic E-state index is -3.81. The molecule has 3 heterocycles. The van der Waals surface area contributed by atoms with Crippen LogP contribution in [-0.4, -0.2) is 39.3 Å². The number of fused-ring (bicyclic) bond motifs is 3. The van der Waals surface area contributed by atoms with Crippen molar-refractivity contribution in [1.82, 2.24) is 18.5 Å². The lowest BCUT2D eigenvalue weighted by Crippen LogP contribution is -2.21. The molecule has 0 radical (unpaired) electrons. The van der Waals surface area contributed by atoms with Crippen LogP contribution >= 0.6 is 0 Å². The highest BCUT2D eigenvalue weighted by Crippen LogP contribution is 2.37. The summed E-state index contributed by atoms with van der Waals surface area (Å²) in [7, 11) is -3.81. The molecule has 3 aromatic heterocycles. The van der Waals surface area contributed by atoms with Gasteiger partial charge in [-0.15, -0.1) is 6.58 Å². The summed E-state index contributed by atoms with van der Waals surface area (Å²) in [6, 6.07) is 10.1. The van der Waals surface area contributed by atoms with Gasteiger partial charge in [-0.05, 0) is 38.0 Å². The second-order valence-electron chi connectivity index (χ2n) is 8.53. The lowest BCUT2D eigenvalue weighted by molar-refractivity contribution is -0.120. The molecule has 1 aliphatic rings. The summed E-state index contributed by atoms with van der Waals surface area (Å²) in [5.74, 6) is 1.01. The molecule has 0 amide bonds. The number of hydrogen-bond acceptors (Lipinski definition) is 6. The lowest BCUT2D eigenvalue weighted by atomic mass is 9.93. The van der Waals surface area contributed by atoms with Gasteiger partial charge in [0.2, 0.25) is 0 Å². The van der Waals surface area contributed by atoms with Gasteiger partial charge in [0.1, 0.15) is 23.2 Å². The molecule has 8 nitrogen and oxygen atoms in total. The van der Waals surface area contributed by atoms with Crippen LogP contribution in [0.4, 0.5) is 0 Å². The fraction of sp³-hybridized carbons (Fsp3) is 0.320. The van der Waals surface area contributed by atoms with Crippen molar-refractivity contribution in [1.29, 1.82) is 0 Å². The van der Waals surface area contributed by atoms with E-state index in [0.717, 1.165) is 11.3 Å². The summed E-state index contributed by atoms with van der Waals surface area (Å²) in [6.07, 6.45) is 6.98. The van der Waals surface area contributed by atoms with Gasteiger partial charge in [0, 0.05) is 30.5 Å². The standard InChI is InChI=1S/C25H26N4O4S/c1-3-15-33-17(2)24-27-22-16-26-25-21(23(22)29(24)18-9-11-19(30)12-10-18)13-14-28(25)34(31,32)20-7-5-4-6-8-20/h3-8,13-14,16-18H,1,9-12,15H2,2H3/t17-/m1/s1. The van der Waals surface area contributed by atoms with Gasteiger partial charge in [-0.1, -0.05) is 24.3 Å². The molecule has 1 saturated carbocycles. The zero-order valence-corrected chi connectivity index (χ0v) is 19.7. The SMILES string of the molecule is C=CCO[C@H](C)c1nc2cnc3c(ccn3S(=O)(=O)c3ccccc3)c2n1C1CCC(=O)CC1. The van der Waals surface area contributed by atoms with Crippen molar-refractivity contribution in [2.24, 2.45) is 0 Å². The van der Waals surface area contributed by atoms with E-state index in [-0.39, 0.29) is 22.8 Å². The van der Waals surface area contributed by atoms with Gasteiger partial charge in [-0.25, -0.2) is 22.4 Å². The maximum Gasteiger partial charge on any atom is 0.269 e. The Labute approximate surface area is 197 Å². The predicted octanol–water partition coefficient (Wildman–Crippen LogP) is 4.57. The molecule has 1 fully saturated rings. The molecule has 5 rings (SSSR count). The summed E-state index contributed by atoms with van der Waals surface area (Å²) in [5, 5.41) is 0.698. The molecule has 0 spiro atoms. The molecule has 1 aliphatic carbocycles. The van der Waals surface area contributed by atoms with E-state index in [0.29, 0.717) is 48.8 Å². The molecular formula is C25H26N4O4S. The van der Waals surface area contributed by atoms with E-state index < -0.39 is 10.0 Å². The van der Waals surface area contributed by atoms with Gasteiger partial charge in [-0.2, -0.15) is 0 Å². The van der Waals surface area contributed by atoms with E-state index >= 15 is 0 Å². The van der Waals surface area contributed by atoms with E-state index in [4.69, 9.17) is 9.72 Å². The van der Waals surface area contributed by atoms with Gasteiger partial charge < -0.3 is 9.30 Å². The molecule has 0 saturated heterocycles. The number of hydrogen-bond donors (Lipinski definition) is 0. The molecule has 0 N–H and O–H groups in total. The van der Waals surface area contributed by atoms with Crippen LogP contribution in [0.15, 0.2) is 66.3 Å². The van der Waals surface area contributed by atoms with Crippen molar-refractivity contribution < 1.29 is 17.9 Å². The zero-order chi connectivity index (χ0) is 23.9. The average Bonchev–Trinajstić information content (AvgIpc) is 3.46. The molecule has 176 valence electrons. The van der Waals surface area contributed by atoms with E-state index in [9.17, 15) is 13.2 Å². The van der Waals surface area contributed by atoms with Crippen LogP contribution in [0.5, 0.6) is 0 Å². The van der Waals surface area contributed by atoms with Gasteiger partial charge in [-0.3, -0.25) is 4.79 Å². The summed E-state index contributed by atoms with van der Waals surface area (Å²) >= 11 is 0. The van der Waals surface area contributed by atoms with Crippen molar-refractivity contribution in [3.05, 3.63) is 67.3 Å². The Kier molecular flexibility index (Phi) is 5.83. The Balaban J connectivity index is 1.72. The highest BCUT2D eigenvalue weighted by atomic mass is 32.2. The summed E-state index contributed by atoms with van der Waals surface area (Å²) in [4.78, 5) is 21.4. The molecule has 1 atom stereocenters. The highest BCUT2D eigenvalue weighted by Gasteiger charge is 2.29. The lowest BCUT2D eigenvalue weighted by Gasteiger charge is -2.26.